The highest BCUT2D eigenvalue weighted by atomic mass is 31.1. The van der Waals surface area contributed by atoms with E-state index in [1.54, 1.807) is 0 Å². The Bertz CT molecular complexity index is 115. The lowest BCUT2D eigenvalue weighted by Gasteiger charge is -2.09. The van der Waals surface area contributed by atoms with E-state index in [1.165, 1.54) is 6.42 Å². The molecule has 0 rings (SSSR count). The van der Waals surface area contributed by atoms with Crippen LogP contribution in [0.1, 0.15) is 40.0 Å². The molecule has 0 amide bonds. The highest BCUT2D eigenvalue weighted by molar-refractivity contribution is 7.40. The Kier molecular flexibility index (Phi) is 6.99. The van der Waals surface area contributed by atoms with Gasteiger partial charge in [0.15, 0.2) is 8.03 Å². The average molecular weight is 178 g/mol. The molecule has 0 aliphatic heterocycles. The minimum atomic E-state index is -1.74. The number of rotatable bonds is 6. The second kappa shape index (κ2) is 6.87. The minimum Gasteiger partial charge on any atom is -0.331 e. The van der Waals surface area contributed by atoms with Crippen LogP contribution in [0.15, 0.2) is 0 Å². The molecular formula is C8H19O2P. The van der Waals surface area contributed by atoms with Crippen LogP contribution in [0.25, 0.3) is 0 Å². The van der Waals surface area contributed by atoms with Crippen molar-refractivity contribution in [2.45, 2.75) is 45.7 Å². The summed E-state index contributed by atoms with van der Waals surface area (Å²) in [7, 11) is -1.74. The van der Waals surface area contributed by atoms with Crippen molar-refractivity contribution in [2.24, 2.45) is 0 Å². The Labute approximate surface area is 70.2 Å². The van der Waals surface area contributed by atoms with E-state index in [4.69, 9.17) is 4.52 Å². The first-order valence-corrected chi connectivity index (χ1v) is 5.78. The lowest BCUT2D eigenvalue weighted by atomic mass is 10.2. The quantitative estimate of drug-likeness (QED) is 0.584. The van der Waals surface area contributed by atoms with Crippen LogP contribution in [-0.2, 0) is 9.09 Å². The van der Waals surface area contributed by atoms with Gasteiger partial charge < -0.3 is 4.52 Å². The van der Waals surface area contributed by atoms with E-state index in [9.17, 15) is 4.57 Å². The van der Waals surface area contributed by atoms with Crippen molar-refractivity contribution in [3.05, 3.63) is 0 Å². The van der Waals surface area contributed by atoms with Crippen molar-refractivity contribution in [3.63, 3.8) is 0 Å². The van der Waals surface area contributed by atoms with Crippen LogP contribution in [0, 0.1) is 0 Å². The van der Waals surface area contributed by atoms with Crippen LogP contribution in [-0.4, -0.2) is 12.3 Å². The molecule has 0 aliphatic rings. The second-order valence-electron chi connectivity index (χ2n) is 2.80. The van der Waals surface area contributed by atoms with Crippen molar-refractivity contribution in [2.75, 3.05) is 6.61 Å². The predicted octanol–water partition coefficient (Wildman–Crippen LogP) is 3.08. The van der Waals surface area contributed by atoms with Crippen LogP contribution in [0.4, 0.5) is 0 Å². The maximum Gasteiger partial charge on any atom is 0.194 e. The Morgan fingerprint density at radius 1 is 1.45 bits per heavy atom. The zero-order chi connectivity index (χ0) is 8.69. The van der Waals surface area contributed by atoms with Gasteiger partial charge >= 0.3 is 0 Å². The minimum absolute atomic E-state index is 0.264. The van der Waals surface area contributed by atoms with E-state index < -0.39 is 8.03 Å². The zero-order valence-electron chi connectivity index (χ0n) is 7.72. The number of unbranched alkanes of at least 4 members (excludes halogenated alkanes) is 1. The third-order valence-corrected chi connectivity index (χ3v) is 3.35. The summed E-state index contributed by atoms with van der Waals surface area (Å²) < 4.78 is 16.3. The van der Waals surface area contributed by atoms with E-state index in [0.717, 1.165) is 12.8 Å². The van der Waals surface area contributed by atoms with Crippen molar-refractivity contribution in [1.29, 1.82) is 0 Å². The molecule has 3 heteroatoms. The van der Waals surface area contributed by atoms with Gasteiger partial charge in [-0.15, -0.1) is 0 Å². The van der Waals surface area contributed by atoms with Crippen molar-refractivity contribution in [1.82, 2.24) is 0 Å². The smallest absolute Gasteiger partial charge is 0.194 e. The molecule has 0 aromatic heterocycles. The summed E-state index contributed by atoms with van der Waals surface area (Å²) in [5.41, 5.74) is 0.264. The molecule has 0 saturated heterocycles. The van der Waals surface area contributed by atoms with Crippen molar-refractivity contribution >= 4 is 8.03 Å². The summed E-state index contributed by atoms with van der Waals surface area (Å²) in [4.78, 5) is 0. The summed E-state index contributed by atoms with van der Waals surface area (Å²) in [5.74, 6) is 0. The van der Waals surface area contributed by atoms with Crippen molar-refractivity contribution in [3.8, 4) is 0 Å². The topological polar surface area (TPSA) is 26.3 Å². The molecule has 11 heavy (non-hydrogen) atoms. The van der Waals surface area contributed by atoms with E-state index in [0.29, 0.717) is 6.61 Å². The van der Waals surface area contributed by atoms with Crippen LogP contribution < -0.4 is 0 Å². The van der Waals surface area contributed by atoms with Crippen LogP contribution >= 0.6 is 8.03 Å². The van der Waals surface area contributed by atoms with Crippen LogP contribution in [0.2, 0.25) is 0 Å². The molecule has 0 fully saturated rings. The van der Waals surface area contributed by atoms with Gasteiger partial charge in [0.1, 0.15) is 0 Å². The van der Waals surface area contributed by atoms with E-state index in [2.05, 4.69) is 6.92 Å². The number of hydrogen-bond acceptors (Lipinski definition) is 2. The second-order valence-corrected chi connectivity index (χ2v) is 4.71. The first-order valence-electron chi connectivity index (χ1n) is 4.39. The molecule has 2 atom stereocenters. The fraction of sp³-hybridized carbons (Fsp3) is 1.00. The molecule has 2 nitrogen and oxygen atoms in total. The molecule has 2 unspecified atom stereocenters. The molecule has 0 bridgehead atoms. The molecular weight excluding hydrogens is 159 g/mol. The normalized spacial score (nSPS) is 16.3. The highest BCUT2D eigenvalue weighted by Crippen LogP contribution is 2.31. The predicted molar refractivity (Wildman–Crippen MR) is 49.6 cm³/mol. The summed E-state index contributed by atoms with van der Waals surface area (Å²) in [6, 6.07) is 0. The first kappa shape index (κ1) is 11.2. The van der Waals surface area contributed by atoms with E-state index >= 15 is 0 Å². The lowest BCUT2D eigenvalue weighted by molar-refractivity contribution is 0.342. The summed E-state index contributed by atoms with van der Waals surface area (Å²) in [5, 5.41) is 0. The molecule has 0 aromatic rings. The third kappa shape index (κ3) is 5.46. The van der Waals surface area contributed by atoms with Gasteiger partial charge in [0.2, 0.25) is 0 Å². The fourth-order valence-corrected chi connectivity index (χ4v) is 1.92. The molecule has 0 radical (unpaired) electrons. The van der Waals surface area contributed by atoms with Gasteiger partial charge in [0, 0.05) is 5.66 Å². The van der Waals surface area contributed by atoms with Gasteiger partial charge in [-0.25, -0.2) is 0 Å². The maximum atomic E-state index is 11.2. The molecule has 0 spiro atoms. The molecule has 68 valence electrons. The van der Waals surface area contributed by atoms with Gasteiger partial charge in [-0.3, -0.25) is 4.57 Å². The number of hydrogen-bond donors (Lipinski definition) is 0. The highest BCUT2D eigenvalue weighted by Gasteiger charge is 2.09. The van der Waals surface area contributed by atoms with Crippen molar-refractivity contribution < 1.29 is 9.09 Å². The largest absolute Gasteiger partial charge is 0.331 e. The fourth-order valence-electron chi connectivity index (χ4n) is 0.913. The monoisotopic (exact) mass is 178 g/mol. The Hall–Kier alpha value is 0.190. The van der Waals surface area contributed by atoms with E-state index in [1.807, 2.05) is 13.8 Å². The molecule has 0 aromatic carbocycles. The summed E-state index contributed by atoms with van der Waals surface area (Å²) >= 11 is 0. The van der Waals surface area contributed by atoms with Gasteiger partial charge in [0.25, 0.3) is 0 Å². The molecule has 0 heterocycles. The van der Waals surface area contributed by atoms with Gasteiger partial charge in [-0.2, -0.15) is 0 Å². The third-order valence-electron chi connectivity index (χ3n) is 1.68. The molecule has 0 aliphatic carbocycles. The Balaban J connectivity index is 3.46. The SMILES string of the molecule is CCCCC(C)[PH](=O)OCC. The van der Waals surface area contributed by atoms with Gasteiger partial charge in [-0.05, 0) is 13.3 Å². The standard InChI is InChI=1S/C8H19O2P/c1-4-6-7-8(3)11(9)10-5-2/h8,11H,4-7H2,1-3H3. The summed E-state index contributed by atoms with van der Waals surface area (Å²) in [6.45, 7) is 6.61. The van der Waals surface area contributed by atoms with Crippen LogP contribution in [0.3, 0.4) is 0 Å². The molecule has 0 N–H and O–H groups in total. The van der Waals surface area contributed by atoms with E-state index in [-0.39, 0.29) is 5.66 Å². The molecule has 0 saturated carbocycles. The van der Waals surface area contributed by atoms with Gasteiger partial charge in [-0.1, -0.05) is 26.7 Å². The van der Waals surface area contributed by atoms with Gasteiger partial charge in [0.05, 0.1) is 6.61 Å². The van der Waals surface area contributed by atoms with Crippen LogP contribution in [0.5, 0.6) is 0 Å². The average Bonchev–Trinajstić information content (AvgIpc) is 2.00. The Morgan fingerprint density at radius 2 is 2.09 bits per heavy atom. The first-order chi connectivity index (χ1) is 5.22. The zero-order valence-corrected chi connectivity index (χ0v) is 8.72. The summed E-state index contributed by atoms with van der Waals surface area (Å²) in [6.07, 6.45) is 3.37. The Morgan fingerprint density at radius 3 is 2.55 bits per heavy atom. The lowest BCUT2D eigenvalue weighted by Crippen LogP contribution is -1.97. The maximum absolute atomic E-state index is 11.2.